The number of hydrogen-bond acceptors (Lipinski definition) is 1. The van der Waals surface area contributed by atoms with Gasteiger partial charge in [-0.25, -0.2) is 0 Å². The van der Waals surface area contributed by atoms with Crippen LogP contribution in [-0.2, 0) is 0 Å². The van der Waals surface area contributed by atoms with E-state index < -0.39 is 0 Å². The molecular formula is C30H61ClS. The summed E-state index contributed by atoms with van der Waals surface area (Å²) in [6.45, 7) is 0. The van der Waals surface area contributed by atoms with Crippen LogP contribution in [0.2, 0.25) is 0 Å². The maximum absolute atomic E-state index is 5.71. The maximum Gasteiger partial charge on any atom is 0.0223 e. The van der Waals surface area contributed by atoms with E-state index in [1.54, 1.807) is 0 Å². The molecule has 0 rings (SSSR count). The molecule has 0 nitrogen and oxygen atoms in total. The first-order valence-electron chi connectivity index (χ1n) is 15.1. The lowest BCUT2D eigenvalue weighted by atomic mass is 10.0. The van der Waals surface area contributed by atoms with Gasteiger partial charge in [-0.05, 0) is 18.6 Å². The zero-order valence-electron chi connectivity index (χ0n) is 22.0. The van der Waals surface area contributed by atoms with E-state index in [1.807, 2.05) is 0 Å². The zero-order chi connectivity index (χ0) is 23.2. The quantitative estimate of drug-likeness (QED) is 0.0603. The van der Waals surface area contributed by atoms with Gasteiger partial charge in [0.1, 0.15) is 0 Å². The van der Waals surface area contributed by atoms with Crippen LogP contribution < -0.4 is 0 Å². The van der Waals surface area contributed by atoms with Gasteiger partial charge in [0.05, 0.1) is 0 Å². The van der Waals surface area contributed by atoms with Crippen molar-refractivity contribution < 1.29 is 0 Å². The van der Waals surface area contributed by atoms with E-state index in [0.717, 1.165) is 11.6 Å². The molecular weight excluding hydrogens is 428 g/mol. The molecule has 0 aromatic rings. The molecule has 32 heavy (non-hydrogen) atoms. The molecule has 2 heteroatoms. The molecule has 0 spiro atoms. The second-order valence-corrected chi connectivity index (χ2v) is 11.1. The Balaban J connectivity index is 2.98. The van der Waals surface area contributed by atoms with Gasteiger partial charge >= 0.3 is 0 Å². The Morgan fingerprint density at radius 2 is 0.406 bits per heavy atom. The van der Waals surface area contributed by atoms with Crippen LogP contribution >= 0.6 is 24.2 Å². The van der Waals surface area contributed by atoms with Crippen molar-refractivity contribution in [1.82, 2.24) is 0 Å². The van der Waals surface area contributed by atoms with Gasteiger partial charge in [-0.3, -0.25) is 0 Å². The highest BCUT2D eigenvalue weighted by Gasteiger charge is 1.96. The lowest BCUT2D eigenvalue weighted by Crippen LogP contribution is -1.85. The highest BCUT2D eigenvalue weighted by Crippen LogP contribution is 2.16. The van der Waals surface area contributed by atoms with E-state index >= 15 is 0 Å². The minimum absolute atomic E-state index is 0.845. The van der Waals surface area contributed by atoms with Crippen LogP contribution in [0, 0.1) is 0 Å². The van der Waals surface area contributed by atoms with Gasteiger partial charge in [0, 0.05) is 5.88 Å². The topological polar surface area (TPSA) is 0 Å². The first-order valence-corrected chi connectivity index (χ1v) is 16.3. The average Bonchev–Trinajstić information content (AvgIpc) is 2.81. The molecule has 0 bridgehead atoms. The smallest absolute Gasteiger partial charge is 0.0223 e. The minimum Gasteiger partial charge on any atom is -0.179 e. The third-order valence-electron chi connectivity index (χ3n) is 7.04. The molecule has 194 valence electrons. The van der Waals surface area contributed by atoms with Crippen molar-refractivity contribution in [3.8, 4) is 0 Å². The maximum atomic E-state index is 5.71. The Labute approximate surface area is 215 Å². The summed E-state index contributed by atoms with van der Waals surface area (Å²) in [7, 11) is 0. The molecule has 0 aromatic carbocycles. The third-order valence-corrected chi connectivity index (χ3v) is 7.63. The average molecular weight is 489 g/mol. The van der Waals surface area contributed by atoms with E-state index in [-0.39, 0.29) is 0 Å². The molecule has 0 atom stereocenters. The van der Waals surface area contributed by atoms with Crippen molar-refractivity contribution in [3.63, 3.8) is 0 Å². The summed E-state index contributed by atoms with van der Waals surface area (Å²) < 4.78 is 0. The fraction of sp³-hybridized carbons (Fsp3) is 1.00. The lowest BCUT2D eigenvalue weighted by molar-refractivity contribution is 0.514. The van der Waals surface area contributed by atoms with Crippen molar-refractivity contribution in [1.29, 1.82) is 0 Å². The van der Waals surface area contributed by atoms with Crippen LogP contribution in [-0.4, -0.2) is 11.6 Å². The van der Waals surface area contributed by atoms with Crippen LogP contribution in [0.1, 0.15) is 180 Å². The first-order chi connectivity index (χ1) is 15.9. The van der Waals surface area contributed by atoms with Crippen LogP contribution in [0.25, 0.3) is 0 Å². The molecule has 0 amide bonds. The molecule has 0 N–H and O–H groups in total. The summed E-state index contributed by atoms with van der Waals surface area (Å²) in [5.74, 6) is 1.91. The summed E-state index contributed by atoms with van der Waals surface area (Å²) in [4.78, 5) is 0. The molecule has 0 radical (unpaired) electrons. The highest BCUT2D eigenvalue weighted by atomic mass is 35.5. The van der Waals surface area contributed by atoms with Crippen LogP contribution in [0.4, 0.5) is 0 Å². The highest BCUT2D eigenvalue weighted by molar-refractivity contribution is 7.80. The zero-order valence-corrected chi connectivity index (χ0v) is 23.7. The van der Waals surface area contributed by atoms with Gasteiger partial charge in [0.15, 0.2) is 0 Å². The molecule has 0 aromatic heterocycles. The van der Waals surface area contributed by atoms with Gasteiger partial charge < -0.3 is 0 Å². The SMILES string of the molecule is SCCCCCCCCCCCCCCCCCCCCCCCCCCCCCCCl. The number of hydrogen-bond donors (Lipinski definition) is 1. The Morgan fingerprint density at radius 3 is 0.562 bits per heavy atom. The van der Waals surface area contributed by atoms with E-state index in [4.69, 9.17) is 11.6 Å². The Kier molecular flexibility index (Phi) is 32.3. The van der Waals surface area contributed by atoms with Crippen LogP contribution in [0.3, 0.4) is 0 Å². The minimum atomic E-state index is 0.845. The summed E-state index contributed by atoms with van der Waals surface area (Å²) in [5.41, 5.74) is 0. The van der Waals surface area contributed by atoms with Crippen molar-refractivity contribution >= 4 is 24.2 Å². The van der Waals surface area contributed by atoms with Crippen molar-refractivity contribution in [3.05, 3.63) is 0 Å². The fourth-order valence-electron chi connectivity index (χ4n) is 4.80. The molecule has 0 saturated carbocycles. The monoisotopic (exact) mass is 488 g/mol. The molecule has 0 heterocycles. The van der Waals surface area contributed by atoms with E-state index in [0.29, 0.717) is 0 Å². The Hall–Kier alpha value is 0.640. The molecule has 0 aliphatic carbocycles. The number of halogens is 1. The number of thiol groups is 1. The third kappa shape index (κ3) is 30.6. The van der Waals surface area contributed by atoms with Gasteiger partial charge in [0.2, 0.25) is 0 Å². The van der Waals surface area contributed by atoms with Gasteiger partial charge in [-0.1, -0.05) is 167 Å². The summed E-state index contributed by atoms with van der Waals surface area (Å²) in [5, 5.41) is 0. The van der Waals surface area contributed by atoms with Gasteiger partial charge in [0.25, 0.3) is 0 Å². The summed E-state index contributed by atoms with van der Waals surface area (Å²) in [6, 6.07) is 0. The Morgan fingerprint density at radius 1 is 0.250 bits per heavy atom. The molecule has 0 aliphatic rings. The molecule has 0 saturated heterocycles. The van der Waals surface area contributed by atoms with E-state index in [9.17, 15) is 0 Å². The largest absolute Gasteiger partial charge is 0.179 e. The van der Waals surface area contributed by atoms with Crippen LogP contribution in [0.5, 0.6) is 0 Å². The predicted molar refractivity (Wildman–Crippen MR) is 154 cm³/mol. The number of alkyl halides is 1. The molecule has 0 fully saturated rings. The van der Waals surface area contributed by atoms with E-state index in [1.165, 1.54) is 180 Å². The fourth-order valence-corrected chi connectivity index (χ4v) is 5.22. The molecule has 0 aliphatic heterocycles. The predicted octanol–water partition coefficient (Wildman–Crippen LogP) is 12.1. The van der Waals surface area contributed by atoms with Crippen LogP contribution in [0.15, 0.2) is 0 Å². The number of rotatable bonds is 29. The van der Waals surface area contributed by atoms with Gasteiger partial charge in [-0.15, -0.1) is 11.6 Å². The second kappa shape index (κ2) is 31.6. The Bertz CT molecular complexity index is 277. The van der Waals surface area contributed by atoms with E-state index in [2.05, 4.69) is 12.6 Å². The normalized spacial score (nSPS) is 11.4. The summed E-state index contributed by atoms with van der Waals surface area (Å²) >= 11 is 9.99. The lowest BCUT2D eigenvalue weighted by Gasteiger charge is -2.04. The number of unbranched alkanes of at least 4 members (excludes halogenated alkanes) is 27. The van der Waals surface area contributed by atoms with Gasteiger partial charge in [-0.2, -0.15) is 12.6 Å². The molecule has 0 unspecified atom stereocenters. The van der Waals surface area contributed by atoms with Crippen molar-refractivity contribution in [2.45, 2.75) is 180 Å². The second-order valence-electron chi connectivity index (χ2n) is 10.3. The van der Waals surface area contributed by atoms with Crippen molar-refractivity contribution in [2.24, 2.45) is 0 Å². The standard InChI is InChI=1S/C30H61ClS/c31-29-27-25-23-21-19-17-15-13-11-9-7-5-3-1-2-4-6-8-10-12-14-16-18-20-22-24-26-28-30-32/h32H,1-30H2. The van der Waals surface area contributed by atoms with Crippen molar-refractivity contribution in [2.75, 3.05) is 11.6 Å². The first kappa shape index (κ1) is 32.6. The summed E-state index contributed by atoms with van der Waals surface area (Å²) in [6.07, 6.45) is 40.4.